The average Bonchev–Trinajstić information content (AvgIpc) is 2.96. The van der Waals surface area contributed by atoms with Crippen molar-refractivity contribution < 1.29 is 9.53 Å². The van der Waals surface area contributed by atoms with Crippen LogP contribution in [0.4, 0.5) is 11.4 Å². The van der Waals surface area contributed by atoms with Crippen molar-refractivity contribution in [1.82, 2.24) is 5.32 Å². The third-order valence-corrected chi connectivity index (χ3v) is 4.80. The van der Waals surface area contributed by atoms with E-state index < -0.39 is 0 Å². The molecule has 2 aliphatic rings. The van der Waals surface area contributed by atoms with Gasteiger partial charge in [0.15, 0.2) is 0 Å². The molecule has 1 aromatic rings. The first-order chi connectivity index (χ1) is 11.8. The summed E-state index contributed by atoms with van der Waals surface area (Å²) in [5.74, 6) is -0.00415. The van der Waals surface area contributed by atoms with E-state index in [4.69, 9.17) is 4.74 Å². The summed E-state index contributed by atoms with van der Waals surface area (Å²) in [6.07, 6.45) is 7.70. The first-order valence-electron chi connectivity index (χ1n) is 9.28. The summed E-state index contributed by atoms with van der Waals surface area (Å²) in [6, 6.07) is 8.22. The van der Waals surface area contributed by atoms with Crippen molar-refractivity contribution in [1.29, 1.82) is 0 Å². The second-order valence-corrected chi connectivity index (χ2v) is 6.76. The molecule has 5 nitrogen and oxygen atoms in total. The van der Waals surface area contributed by atoms with Gasteiger partial charge in [-0.05, 0) is 49.9 Å². The molecule has 1 amide bonds. The van der Waals surface area contributed by atoms with E-state index in [1.54, 1.807) is 0 Å². The molecule has 2 heterocycles. The number of carbonyl (C=O) groups is 1. The lowest BCUT2D eigenvalue weighted by Gasteiger charge is -2.22. The third kappa shape index (κ3) is 5.21. The summed E-state index contributed by atoms with van der Waals surface area (Å²) in [5.41, 5.74) is 2.11. The van der Waals surface area contributed by atoms with Crippen LogP contribution in [-0.4, -0.2) is 44.8 Å². The fourth-order valence-electron chi connectivity index (χ4n) is 3.44. The third-order valence-electron chi connectivity index (χ3n) is 4.80. The molecule has 0 radical (unpaired) electrons. The monoisotopic (exact) mass is 331 g/mol. The minimum atomic E-state index is -0.00415. The fourth-order valence-corrected chi connectivity index (χ4v) is 3.44. The summed E-state index contributed by atoms with van der Waals surface area (Å²) in [5, 5.41) is 6.12. The zero-order chi connectivity index (χ0) is 16.6. The van der Waals surface area contributed by atoms with Gasteiger partial charge >= 0.3 is 0 Å². The van der Waals surface area contributed by atoms with Crippen molar-refractivity contribution in [3.63, 3.8) is 0 Å². The van der Waals surface area contributed by atoms with E-state index in [1.807, 2.05) is 12.1 Å². The van der Waals surface area contributed by atoms with E-state index in [9.17, 15) is 4.79 Å². The van der Waals surface area contributed by atoms with Crippen molar-refractivity contribution in [2.45, 2.75) is 44.6 Å². The van der Waals surface area contributed by atoms with E-state index >= 15 is 0 Å². The predicted octanol–water partition coefficient (Wildman–Crippen LogP) is 2.77. The molecule has 0 aliphatic carbocycles. The number of anilines is 2. The van der Waals surface area contributed by atoms with Crippen LogP contribution in [0, 0.1) is 0 Å². The first kappa shape index (κ1) is 17.2. The summed E-state index contributed by atoms with van der Waals surface area (Å²) in [7, 11) is 0. The van der Waals surface area contributed by atoms with Gasteiger partial charge in [0.2, 0.25) is 5.91 Å². The Morgan fingerprint density at radius 3 is 2.50 bits per heavy atom. The Morgan fingerprint density at radius 2 is 1.83 bits per heavy atom. The summed E-state index contributed by atoms with van der Waals surface area (Å²) < 4.78 is 5.53. The van der Waals surface area contributed by atoms with Gasteiger partial charge in [-0.3, -0.25) is 4.79 Å². The molecule has 24 heavy (non-hydrogen) atoms. The highest BCUT2D eigenvalue weighted by Gasteiger charge is 2.15. The lowest BCUT2D eigenvalue weighted by Crippen LogP contribution is -2.33. The molecule has 3 rings (SSSR count). The molecule has 0 bridgehead atoms. The van der Waals surface area contributed by atoms with E-state index in [-0.39, 0.29) is 12.0 Å². The highest BCUT2D eigenvalue weighted by molar-refractivity contribution is 5.92. The minimum absolute atomic E-state index is 0.00415. The zero-order valence-corrected chi connectivity index (χ0v) is 14.4. The molecule has 2 saturated heterocycles. The van der Waals surface area contributed by atoms with Crippen molar-refractivity contribution in [3.05, 3.63) is 24.3 Å². The average molecular weight is 331 g/mol. The van der Waals surface area contributed by atoms with Crippen LogP contribution in [0.1, 0.15) is 38.5 Å². The fraction of sp³-hybridized carbons (Fsp3) is 0.632. The van der Waals surface area contributed by atoms with Gasteiger partial charge in [-0.25, -0.2) is 0 Å². The standard InChI is InChI=1S/C19H29N3O2/c23-19(15-20-14-18-6-5-13-24-18)21-16-7-9-17(10-8-16)22-11-3-1-2-4-12-22/h7-10,18,20H,1-6,11-15H2,(H,21,23)/t18-/m1/s1. The van der Waals surface area contributed by atoms with Crippen molar-refractivity contribution >= 4 is 17.3 Å². The van der Waals surface area contributed by atoms with Gasteiger partial charge in [0.05, 0.1) is 12.6 Å². The Hall–Kier alpha value is -1.59. The number of hydrogen-bond donors (Lipinski definition) is 2. The molecule has 2 fully saturated rings. The molecule has 0 spiro atoms. The topological polar surface area (TPSA) is 53.6 Å². The van der Waals surface area contributed by atoms with Gasteiger partial charge in [0.25, 0.3) is 0 Å². The van der Waals surface area contributed by atoms with Crippen LogP contribution in [0.5, 0.6) is 0 Å². The second kappa shape index (κ2) is 9.04. The SMILES string of the molecule is O=C(CNC[C@H]1CCCO1)Nc1ccc(N2CCCCCC2)cc1. The number of hydrogen-bond acceptors (Lipinski definition) is 4. The molecule has 2 N–H and O–H groups in total. The van der Waals surface area contributed by atoms with Gasteiger partial charge in [-0.1, -0.05) is 12.8 Å². The molecular weight excluding hydrogens is 302 g/mol. The quantitative estimate of drug-likeness (QED) is 0.842. The maximum atomic E-state index is 12.0. The highest BCUT2D eigenvalue weighted by atomic mass is 16.5. The first-order valence-corrected chi connectivity index (χ1v) is 9.28. The minimum Gasteiger partial charge on any atom is -0.377 e. The highest BCUT2D eigenvalue weighted by Crippen LogP contribution is 2.21. The van der Waals surface area contributed by atoms with Crippen LogP contribution >= 0.6 is 0 Å². The van der Waals surface area contributed by atoms with Crippen molar-refractivity contribution in [2.75, 3.05) is 43.0 Å². The molecule has 1 aromatic carbocycles. The number of nitrogens with one attached hydrogen (secondary N) is 2. The number of nitrogens with zero attached hydrogens (tertiary/aromatic N) is 1. The van der Waals surface area contributed by atoms with Gasteiger partial charge in [0.1, 0.15) is 0 Å². The maximum Gasteiger partial charge on any atom is 0.238 e. The van der Waals surface area contributed by atoms with Crippen LogP contribution in [0.2, 0.25) is 0 Å². The molecule has 0 saturated carbocycles. The van der Waals surface area contributed by atoms with Crippen molar-refractivity contribution in [3.8, 4) is 0 Å². The van der Waals surface area contributed by atoms with E-state index in [1.165, 1.54) is 31.4 Å². The van der Waals surface area contributed by atoms with Crippen molar-refractivity contribution in [2.24, 2.45) is 0 Å². The lowest BCUT2D eigenvalue weighted by molar-refractivity contribution is -0.115. The van der Waals surface area contributed by atoms with Gasteiger partial charge in [-0.2, -0.15) is 0 Å². The maximum absolute atomic E-state index is 12.0. The zero-order valence-electron chi connectivity index (χ0n) is 14.4. The Balaban J connectivity index is 1.42. The van der Waals surface area contributed by atoms with Crippen LogP contribution in [0.15, 0.2) is 24.3 Å². The summed E-state index contributed by atoms with van der Waals surface area (Å²) in [6.45, 7) is 4.20. The summed E-state index contributed by atoms with van der Waals surface area (Å²) in [4.78, 5) is 14.4. The van der Waals surface area contributed by atoms with Gasteiger partial charge in [0, 0.05) is 37.6 Å². The molecule has 0 aromatic heterocycles. The smallest absolute Gasteiger partial charge is 0.238 e. The van der Waals surface area contributed by atoms with Crippen LogP contribution in [0.25, 0.3) is 0 Å². The predicted molar refractivity (Wildman–Crippen MR) is 97.6 cm³/mol. The Bertz CT molecular complexity index is 504. The Kier molecular flexibility index (Phi) is 6.49. The Morgan fingerprint density at radius 1 is 1.08 bits per heavy atom. The largest absolute Gasteiger partial charge is 0.377 e. The molecule has 132 valence electrons. The number of rotatable bonds is 6. The lowest BCUT2D eigenvalue weighted by atomic mass is 10.2. The van der Waals surface area contributed by atoms with E-state index in [0.717, 1.165) is 44.8 Å². The van der Waals surface area contributed by atoms with Gasteiger partial charge < -0.3 is 20.3 Å². The number of carbonyl (C=O) groups excluding carboxylic acids is 1. The number of amides is 1. The number of benzene rings is 1. The second-order valence-electron chi connectivity index (χ2n) is 6.76. The molecule has 1 atom stereocenters. The van der Waals surface area contributed by atoms with Crippen LogP contribution < -0.4 is 15.5 Å². The van der Waals surface area contributed by atoms with Crippen LogP contribution in [-0.2, 0) is 9.53 Å². The Labute approximate surface area is 144 Å². The van der Waals surface area contributed by atoms with Gasteiger partial charge in [-0.15, -0.1) is 0 Å². The number of ether oxygens (including phenoxy) is 1. The van der Waals surface area contributed by atoms with E-state index in [0.29, 0.717) is 6.54 Å². The normalized spacial score (nSPS) is 21.5. The summed E-state index contributed by atoms with van der Waals surface area (Å²) >= 11 is 0. The molecule has 0 unspecified atom stereocenters. The van der Waals surface area contributed by atoms with Crippen LogP contribution in [0.3, 0.4) is 0 Å². The molecule has 5 heteroatoms. The molecule has 2 aliphatic heterocycles. The molecular formula is C19H29N3O2. The van der Waals surface area contributed by atoms with E-state index in [2.05, 4.69) is 27.7 Å².